The zero-order chi connectivity index (χ0) is 59.5. The SMILES string of the molecule is CCOc1ccc(C[C@@H](NC(=O)CC)C(=O)N[C@@H](Cc2ccccc2)C(=O)N[C@H](C(=O)N[C@@H](CC(N)=O)C(=O)N[C@@H](CC)C(=O)N2CCC[C@@H]2C(=O)N[C@@H](CCCN=C(N)N)C(=O)N[C@@H](CCCN=C(N)N)C(N)=O)C(C)C)cc1. The molecule has 0 aromatic heterocycles. The Kier molecular flexibility index (Phi) is 27.7. The van der Waals surface area contributed by atoms with Crippen molar-refractivity contribution in [2.24, 2.45) is 50.3 Å². The molecule has 8 atom stereocenters. The van der Waals surface area contributed by atoms with E-state index in [0.717, 1.165) is 0 Å². The average molecular weight is 1120 g/mol. The molecule has 2 aromatic carbocycles. The summed E-state index contributed by atoms with van der Waals surface area (Å²) in [6.45, 7) is 9.11. The van der Waals surface area contributed by atoms with Gasteiger partial charge in [0.1, 0.15) is 54.1 Å². The lowest BCUT2D eigenvalue weighted by atomic mass is 9.99. The predicted octanol–water partition coefficient (Wildman–Crippen LogP) is -2.80. The first kappa shape index (κ1) is 65.8. The van der Waals surface area contributed by atoms with Gasteiger partial charge in [-0.1, -0.05) is 70.2 Å². The highest BCUT2D eigenvalue weighted by molar-refractivity contribution is 5.99. The van der Waals surface area contributed by atoms with Crippen LogP contribution in [0.15, 0.2) is 64.6 Å². The quantitative estimate of drug-likeness (QED) is 0.0191. The van der Waals surface area contributed by atoms with Gasteiger partial charge < -0.3 is 81.3 Å². The third kappa shape index (κ3) is 22.4. The van der Waals surface area contributed by atoms with Gasteiger partial charge >= 0.3 is 0 Å². The normalized spacial score (nSPS) is 15.4. The van der Waals surface area contributed by atoms with Crippen LogP contribution in [-0.4, -0.2) is 150 Å². The average Bonchev–Trinajstić information content (AvgIpc) is 3.93. The van der Waals surface area contributed by atoms with Crippen molar-refractivity contribution in [1.82, 2.24) is 42.1 Å². The molecule has 1 aliphatic rings. The maximum absolute atomic E-state index is 14.3. The number of carbonyl (C=O) groups excluding carboxylic acids is 10. The van der Waals surface area contributed by atoms with Gasteiger partial charge in [0.05, 0.1) is 13.0 Å². The van der Waals surface area contributed by atoms with Crippen LogP contribution in [0, 0.1) is 5.92 Å². The third-order valence-electron chi connectivity index (χ3n) is 12.9. The number of primary amides is 2. The van der Waals surface area contributed by atoms with E-state index in [1.807, 2.05) is 6.92 Å². The highest BCUT2D eigenvalue weighted by Crippen LogP contribution is 2.21. The fourth-order valence-corrected chi connectivity index (χ4v) is 8.64. The van der Waals surface area contributed by atoms with E-state index in [4.69, 9.17) is 39.1 Å². The maximum Gasteiger partial charge on any atom is 0.245 e. The number of nitrogens with two attached hydrogens (primary N) is 6. The van der Waals surface area contributed by atoms with Crippen LogP contribution in [0.4, 0.5) is 0 Å². The van der Waals surface area contributed by atoms with Crippen LogP contribution in [-0.2, 0) is 60.8 Å². The summed E-state index contributed by atoms with van der Waals surface area (Å²) in [7, 11) is 0. The molecule has 19 N–H and O–H groups in total. The number of hydrogen-bond donors (Lipinski definition) is 13. The molecule has 3 rings (SSSR count). The summed E-state index contributed by atoms with van der Waals surface area (Å²) in [5.74, 6) is -8.07. The van der Waals surface area contributed by atoms with E-state index >= 15 is 0 Å². The summed E-state index contributed by atoms with van der Waals surface area (Å²) in [6.07, 6.45) is 0.518. The first-order valence-electron chi connectivity index (χ1n) is 26.8. The number of benzene rings is 2. The van der Waals surface area contributed by atoms with Gasteiger partial charge in [0.2, 0.25) is 59.1 Å². The lowest BCUT2D eigenvalue weighted by Gasteiger charge is -2.31. The Morgan fingerprint density at radius 3 is 1.65 bits per heavy atom. The minimum Gasteiger partial charge on any atom is -0.494 e. The molecule has 2 aromatic rings. The smallest absolute Gasteiger partial charge is 0.245 e. The van der Waals surface area contributed by atoms with Crippen LogP contribution in [0.2, 0.25) is 0 Å². The largest absolute Gasteiger partial charge is 0.494 e. The van der Waals surface area contributed by atoms with Crippen molar-refractivity contribution in [2.75, 3.05) is 26.2 Å². The Balaban J connectivity index is 1.82. The number of nitrogens with one attached hydrogen (secondary N) is 7. The molecule has 10 amide bonds. The zero-order valence-corrected chi connectivity index (χ0v) is 46.3. The van der Waals surface area contributed by atoms with Crippen LogP contribution in [0.3, 0.4) is 0 Å². The van der Waals surface area contributed by atoms with Gasteiger partial charge in [0.15, 0.2) is 11.9 Å². The number of guanidine groups is 2. The van der Waals surface area contributed by atoms with Crippen LogP contribution in [0.5, 0.6) is 5.75 Å². The van der Waals surface area contributed by atoms with Crippen LogP contribution >= 0.6 is 0 Å². The van der Waals surface area contributed by atoms with Gasteiger partial charge in [-0.25, -0.2) is 0 Å². The summed E-state index contributed by atoms with van der Waals surface area (Å²) in [5.41, 5.74) is 34.2. The number of carbonyl (C=O) groups is 10. The van der Waals surface area contributed by atoms with E-state index in [2.05, 4.69) is 47.2 Å². The lowest BCUT2D eigenvalue weighted by Crippen LogP contribution is -2.61. The molecule has 0 unspecified atom stereocenters. The van der Waals surface area contributed by atoms with Crippen molar-refractivity contribution in [2.45, 2.75) is 154 Å². The topological polar surface area (TPSA) is 448 Å². The number of nitrogens with zero attached hydrogens (tertiary/aromatic N) is 3. The molecular weight excluding hydrogens is 1040 g/mol. The minimum atomic E-state index is -1.66. The van der Waals surface area contributed by atoms with E-state index in [-0.39, 0.29) is 89.3 Å². The number of likely N-dealkylation sites (tertiary alicyclic amines) is 1. The third-order valence-corrected chi connectivity index (χ3v) is 12.9. The monoisotopic (exact) mass is 1120 g/mol. The van der Waals surface area contributed by atoms with Gasteiger partial charge in [0.25, 0.3) is 0 Å². The molecule has 1 heterocycles. The second-order valence-electron chi connectivity index (χ2n) is 19.5. The van der Waals surface area contributed by atoms with Crippen LogP contribution in [0.25, 0.3) is 0 Å². The van der Waals surface area contributed by atoms with Crippen molar-refractivity contribution < 1.29 is 52.7 Å². The minimum absolute atomic E-state index is 0.00777. The molecule has 440 valence electrons. The summed E-state index contributed by atoms with van der Waals surface area (Å²) in [4.78, 5) is 145. The van der Waals surface area contributed by atoms with Gasteiger partial charge in [-0.05, 0) is 81.0 Å². The summed E-state index contributed by atoms with van der Waals surface area (Å²) in [5, 5.41) is 18.6. The Morgan fingerprint density at radius 2 is 1.11 bits per heavy atom. The summed E-state index contributed by atoms with van der Waals surface area (Å²) < 4.78 is 5.54. The van der Waals surface area contributed by atoms with Gasteiger partial charge in [-0.15, -0.1) is 0 Å². The molecular formula is C53H82N16O11. The second-order valence-corrected chi connectivity index (χ2v) is 19.5. The number of amides is 10. The Hall–Kier alpha value is -8.52. The number of hydrogen-bond acceptors (Lipinski definition) is 13. The van der Waals surface area contributed by atoms with Gasteiger partial charge in [-0.3, -0.25) is 57.9 Å². The molecule has 0 aliphatic carbocycles. The first-order valence-corrected chi connectivity index (χ1v) is 26.8. The molecule has 27 heteroatoms. The predicted molar refractivity (Wildman–Crippen MR) is 298 cm³/mol. The molecule has 0 radical (unpaired) electrons. The highest BCUT2D eigenvalue weighted by Gasteiger charge is 2.40. The molecule has 1 fully saturated rings. The summed E-state index contributed by atoms with van der Waals surface area (Å²) in [6, 6.07) is 5.58. The van der Waals surface area contributed by atoms with Crippen molar-refractivity contribution in [3.8, 4) is 5.75 Å². The molecule has 80 heavy (non-hydrogen) atoms. The number of ether oxygens (including phenoxy) is 1. The Bertz CT molecular complexity index is 2490. The zero-order valence-electron chi connectivity index (χ0n) is 46.3. The number of aliphatic imine (C=N–C) groups is 2. The lowest BCUT2D eigenvalue weighted by molar-refractivity contribution is -0.143. The van der Waals surface area contributed by atoms with Crippen LogP contribution < -0.4 is 76.4 Å². The Morgan fingerprint density at radius 1 is 0.600 bits per heavy atom. The van der Waals surface area contributed by atoms with Gasteiger partial charge in [-0.2, -0.15) is 0 Å². The van der Waals surface area contributed by atoms with E-state index < -0.39 is 120 Å². The van der Waals surface area contributed by atoms with E-state index in [1.54, 1.807) is 82.3 Å². The van der Waals surface area contributed by atoms with Crippen LogP contribution in [0.1, 0.15) is 104 Å². The van der Waals surface area contributed by atoms with Crippen molar-refractivity contribution in [3.63, 3.8) is 0 Å². The van der Waals surface area contributed by atoms with E-state index in [0.29, 0.717) is 29.9 Å². The van der Waals surface area contributed by atoms with Crippen molar-refractivity contribution in [1.29, 1.82) is 0 Å². The van der Waals surface area contributed by atoms with E-state index in [1.165, 1.54) is 4.90 Å². The molecule has 27 nitrogen and oxygen atoms in total. The first-order chi connectivity index (χ1) is 38.0. The maximum atomic E-state index is 14.3. The number of rotatable bonds is 34. The molecule has 0 saturated carbocycles. The summed E-state index contributed by atoms with van der Waals surface area (Å²) >= 11 is 0. The standard InChI is InChI=1S/C53H82N16O11/c1-6-34(51(79)69-26-14-19-40(69)49(77)65-36(18-13-25-61-53(58)59)45(73)64-35(44(55)72)17-12-24-60-52(56)57)63-47(75)39(29-41(54)70)67-50(78)43(30(4)5)68-48(76)38(27-31-15-10-9-11-16-31)66-46(74)37(62-42(71)7-2)28-32-20-22-33(23-21-32)80-8-3/h9-11,15-16,20-23,30,34-40,43H,6-8,12-14,17-19,24-29H2,1-5H3,(H2,54,70)(H2,55,72)(H,62,71)(H,63,75)(H,64,73)(H,65,77)(H,66,74)(H,67,78)(H,68,76)(H4,56,57,60)(H4,58,59,61)/t34-,35-,36-,37+,38-,39-,40+,43-/m0/s1. The fourth-order valence-electron chi connectivity index (χ4n) is 8.64. The second kappa shape index (κ2) is 33.7. The van der Waals surface area contributed by atoms with Gasteiger partial charge in [0, 0.05) is 38.9 Å². The molecule has 1 saturated heterocycles. The molecule has 1 aliphatic heterocycles. The Labute approximate surface area is 466 Å². The molecule has 0 bridgehead atoms. The molecule has 0 spiro atoms. The van der Waals surface area contributed by atoms with Crippen molar-refractivity contribution in [3.05, 3.63) is 65.7 Å². The van der Waals surface area contributed by atoms with E-state index in [9.17, 15) is 47.9 Å². The highest BCUT2D eigenvalue weighted by atomic mass is 16.5. The fraction of sp³-hybridized carbons (Fsp3) is 0.547. The van der Waals surface area contributed by atoms with Crippen molar-refractivity contribution >= 4 is 71.0 Å².